The fourth-order valence-electron chi connectivity index (χ4n) is 3.14. The minimum Gasteiger partial charge on any atom is -0.493 e. The molecule has 6 nitrogen and oxygen atoms in total. The molecule has 2 aromatic rings. The predicted molar refractivity (Wildman–Crippen MR) is 102 cm³/mol. The number of amides is 2. The Morgan fingerprint density at radius 1 is 0.926 bits per heavy atom. The second kappa shape index (κ2) is 8.58. The molecule has 0 saturated carbocycles. The zero-order valence-electron chi connectivity index (χ0n) is 15.7. The maximum atomic E-state index is 12.4. The number of likely N-dealkylation sites (tertiary alicyclic amines) is 1. The number of hydrogen-bond acceptors (Lipinski definition) is 4. The molecule has 0 radical (unpaired) electrons. The van der Waals surface area contributed by atoms with Crippen LogP contribution in [0.2, 0.25) is 0 Å². The van der Waals surface area contributed by atoms with E-state index in [0.29, 0.717) is 29.2 Å². The summed E-state index contributed by atoms with van der Waals surface area (Å²) in [6.07, 6.45) is 2.12. The third-order valence-electron chi connectivity index (χ3n) is 4.69. The summed E-state index contributed by atoms with van der Waals surface area (Å²) in [6, 6.07) is 12.3. The monoisotopic (exact) mass is 368 g/mol. The summed E-state index contributed by atoms with van der Waals surface area (Å²) in [5, 5.41) is 2.88. The molecular formula is C21H24N2O4. The molecule has 0 unspecified atom stereocenters. The first-order chi connectivity index (χ1) is 13.1. The average molecular weight is 368 g/mol. The standard InChI is InChI=1S/C21H24N2O4/c1-26-18-10-5-15(13-19(18)27-2)14-22-20(24)16-6-8-17(9-7-16)21(25)23-11-3-4-12-23/h5-10,13H,3-4,11-12,14H2,1-2H3,(H,22,24). The summed E-state index contributed by atoms with van der Waals surface area (Å²) in [6.45, 7) is 1.99. The van der Waals surface area contributed by atoms with Crippen molar-refractivity contribution in [3.63, 3.8) is 0 Å². The molecule has 27 heavy (non-hydrogen) atoms. The summed E-state index contributed by atoms with van der Waals surface area (Å²) < 4.78 is 10.5. The molecule has 2 amide bonds. The van der Waals surface area contributed by atoms with Crippen LogP contribution >= 0.6 is 0 Å². The van der Waals surface area contributed by atoms with Crippen LogP contribution in [-0.4, -0.2) is 44.0 Å². The Kier molecular flexibility index (Phi) is 5.96. The molecule has 0 aliphatic carbocycles. The minimum absolute atomic E-state index is 0.0322. The van der Waals surface area contributed by atoms with Gasteiger partial charge in [0.1, 0.15) is 0 Å². The number of nitrogens with one attached hydrogen (secondary N) is 1. The van der Waals surface area contributed by atoms with Crippen molar-refractivity contribution in [1.82, 2.24) is 10.2 Å². The van der Waals surface area contributed by atoms with Gasteiger partial charge in [-0.3, -0.25) is 9.59 Å². The van der Waals surface area contributed by atoms with Crippen molar-refractivity contribution in [3.8, 4) is 11.5 Å². The average Bonchev–Trinajstić information content (AvgIpc) is 3.26. The van der Waals surface area contributed by atoms with E-state index in [0.717, 1.165) is 31.5 Å². The Bertz CT molecular complexity index is 811. The number of carbonyl (C=O) groups excluding carboxylic acids is 2. The highest BCUT2D eigenvalue weighted by Gasteiger charge is 2.19. The highest BCUT2D eigenvalue weighted by Crippen LogP contribution is 2.27. The fourth-order valence-corrected chi connectivity index (χ4v) is 3.14. The van der Waals surface area contributed by atoms with Crippen molar-refractivity contribution in [2.75, 3.05) is 27.3 Å². The van der Waals surface area contributed by atoms with Crippen LogP contribution in [0.3, 0.4) is 0 Å². The molecule has 3 rings (SSSR count). The van der Waals surface area contributed by atoms with Crippen LogP contribution in [0.15, 0.2) is 42.5 Å². The third kappa shape index (κ3) is 4.39. The van der Waals surface area contributed by atoms with Gasteiger partial charge in [-0.25, -0.2) is 0 Å². The van der Waals surface area contributed by atoms with E-state index in [1.807, 2.05) is 17.0 Å². The van der Waals surface area contributed by atoms with E-state index >= 15 is 0 Å². The van der Waals surface area contributed by atoms with E-state index in [4.69, 9.17) is 9.47 Å². The van der Waals surface area contributed by atoms with Crippen LogP contribution in [0.1, 0.15) is 39.1 Å². The van der Waals surface area contributed by atoms with Crippen LogP contribution in [-0.2, 0) is 6.54 Å². The number of ether oxygens (including phenoxy) is 2. The van der Waals surface area contributed by atoms with Crippen molar-refractivity contribution in [2.45, 2.75) is 19.4 Å². The van der Waals surface area contributed by atoms with E-state index in [9.17, 15) is 9.59 Å². The molecule has 1 N–H and O–H groups in total. The fraction of sp³-hybridized carbons (Fsp3) is 0.333. The van der Waals surface area contributed by atoms with Crippen molar-refractivity contribution in [1.29, 1.82) is 0 Å². The summed E-state index contributed by atoms with van der Waals surface area (Å²) in [4.78, 5) is 26.6. The number of carbonyl (C=O) groups is 2. The first-order valence-corrected chi connectivity index (χ1v) is 9.01. The maximum Gasteiger partial charge on any atom is 0.253 e. The van der Waals surface area contributed by atoms with Gasteiger partial charge in [0.05, 0.1) is 14.2 Å². The largest absolute Gasteiger partial charge is 0.493 e. The zero-order valence-corrected chi connectivity index (χ0v) is 15.7. The first-order valence-electron chi connectivity index (χ1n) is 9.01. The molecule has 1 fully saturated rings. The van der Waals surface area contributed by atoms with Crippen LogP contribution < -0.4 is 14.8 Å². The van der Waals surface area contributed by atoms with Crippen molar-refractivity contribution < 1.29 is 19.1 Å². The highest BCUT2D eigenvalue weighted by molar-refractivity contribution is 5.97. The number of benzene rings is 2. The van der Waals surface area contributed by atoms with Gasteiger partial charge in [0.2, 0.25) is 0 Å². The van der Waals surface area contributed by atoms with Gasteiger partial charge < -0.3 is 19.7 Å². The van der Waals surface area contributed by atoms with E-state index in [1.165, 1.54) is 0 Å². The van der Waals surface area contributed by atoms with Crippen molar-refractivity contribution in [3.05, 3.63) is 59.2 Å². The molecular weight excluding hydrogens is 344 g/mol. The molecule has 142 valence electrons. The molecule has 0 bridgehead atoms. The smallest absolute Gasteiger partial charge is 0.253 e. The molecule has 0 atom stereocenters. The van der Waals surface area contributed by atoms with E-state index in [2.05, 4.69) is 5.32 Å². The molecule has 1 saturated heterocycles. The van der Waals surface area contributed by atoms with Crippen molar-refractivity contribution in [2.24, 2.45) is 0 Å². The third-order valence-corrected chi connectivity index (χ3v) is 4.69. The maximum absolute atomic E-state index is 12.4. The predicted octanol–water partition coefficient (Wildman–Crippen LogP) is 2.87. The van der Waals surface area contributed by atoms with Gasteiger partial charge >= 0.3 is 0 Å². The number of nitrogens with zero attached hydrogens (tertiary/aromatic N) is 1. The summed E-state index contributed by atoms with van der Waals surface area (Å²) in [5.74, 6) is 1.11. The lowest BCUT2D eigenvalue weighted by Gasteiger charge is -2.15. The normalized spacial score (nSPS) is 13.3. The van der Waals surface area contributed by atoms with Gasteiger partial charge in [0.15, 0.2) is 11.5 Å². The second-order valence-electron chi connectivity index (χ2n) is 6.45. The van der Waals surface area contributed by atoms with E-state index < -0.39 is 0 Å². The van der Waals surface area contributed by atoms with E-state index in [-0.39, 0.29) is 11.8 Å². The molecule has 6 heteroatoms. The lowest BCUT2D eigenvalue weighted by molar-refractivity contribution is 0.0792. The molecule has 2 aromatic carbocycles. The van der Waals surface area contributed by atoms with Crippen LogP contribution in [0, 0.1) is 0 Å². The second-order valence-corrected chi connectivity index (χ2v) is 6.45. The lowest BCUT2D eigenvalue weighted by atomic mass is 10.1. The molecule has 0 spiro atoms. The Hall–Kier alpha value is -3.02. The van der Waals surface area contributed by atoms with Gasteiger partial charge in [-0.15, -0.1) is 0 Å². The first kappa shape index (κ1) is 18.8. The van der Waals surface area contributed by atoms with Gasteiger partial charge in [-0.1, -0.05) is 6.07 Å². The topological polar surface area (TPSA) is 67.9 Å². The highest BCUT2D eigenvalue weighted by atomic mass is 16.5. The van der Waals surface area contributed by atoms with Crippen molar-refractivity contribution >= 4 is 11.8 Å². The van der Waals surface area contributed by atoms with Gasteiger partial charge in [0.25, 0.3) is 11.8 Å². The van der Waals surface area contributed by atoms with Crippen LogP contribution in [0.5, 0.6) is 11.5 Å². The van der Waals surface area contributed by atoms with E-state index in [1.54, 1.807) is 44.6 Å². The van der Waals surface area contributed by atoms with Crippen LogP contribution in [0.4, 0.5) is 0 Å². The Balaban J connectivity index is 1.60. The molecule has 1 aliphatic heterocycles. The summed E-state index contributed by atoms with van der Waals surface area (Å²) >= 11 is 0. The summed E-state index contributed by atoms with van der Waals surface area (Å²) in [7, 11) is 3.16. The Morgan fingerprint density at radius 3 is 2.19 bits per heavy atom. The minimum atomic E-state index is -0.190. The molecule has 0 aromatic heterocycles. The summed E-state index contributed by atoms with van der Waals surface area (Å²) in [5.41, 5.74) is 2.05. The van der Waals surface area contributed by atoms with Gasteiger partial charge in [-0.05, 0) is 54.8 Å². The SMILES string of the molecule is COc1ccc(CNC(=O)c2ccc(C(=O)N3CCCC3)cc2)cc1OC. The number of methoxy groups -OCH3 is 2. The number of hydrogen-bond donors (Lipinski definition) is 1. The van der Waals surface area contributed by atoms with Gasteiger partial charge in [0, 0.05) is 30.8 Å². The lowest BCUT2D eigenvalue weighted by Crippen LogP contribution is -2.27. The Morgan fingerprint density at radius 2 is 1.56 bits per heavy atom. The van der Waals surface area contributed by atoms with Gasteiger partial charge in [-0.2, -0.15) is 0 Å². The number of rotatable bonds is 6. The quantitative estimate of drug-likeness (QED) is 0.851. The zero-order chi connectivity index (χ0) is 19.2. The van der Waals surface area contributed by atoms with Crippen LogP contribution in [0.25, 0.3) is 0 Å². The molecule has 1 heterocycles. The Labute approximate surface area is 159 Å². The molecule has 1 aliphatic rings.